The highest BCUT2D eigenvalue weighted by atomic mass is 14.9. The summed E-state index contributed by atoms with van der Waals surface area (Å²) in [7, 11) is 0. The molecule has 0 aromatic heterocycles. The van der Waals surface area contributed by atoms with E-state index < -0.39 is 0 Å². The number of aryl methyl sites for hydroxylation is 1. The minimum Gasteiger partial charge on any atom is -0.385 e. The second kappa shape index (κ2) is 6.49. The van der Waals surface area contributed by atoms with E-state index in [1.165, 1.54) is 42.5 Å². The molecule has 0 bridgehead atoms. The van der Waals surface area contributed by atoms with E-state index in [1.54, 1.807) is 0 Å². The molecule has 84 valence electrons. The van der Waals surface area contributed by atoms with Crippen molar-refractivity contribution in [1.29, 1.82) is 0 Å². The fourth-order valence-corrected chi connectivity index (χ4v) is 1.72. The molecule has 0 saturated carbocycles. The number of hydrogen-bond donors (Lipinski definition) is 1. The molecule has 1 heteroatoms. The molecule has 1 aromatic rings. The average Bonchev–Trinajstić information content (AvgIpc) is 2.24. The molecule has 0 spiro atoms. The third-order valence-corrected chi connectivity index (χ3v) is 2.95. The summed E-state index contributed by atoms with van der Waals surface area (Å²) >= 11 is 0. The van der Waals surface area contributed by atoms with Crippen molar-refractivity contribution < 1.29 is 0 Å². The Morgan fingerprint density at radius 1 is 1.07 bits per heavy atom. The summed E-state index contributed by atoms with van der Waals surface area (Å²) in [6, 6.07) is 6.45. The smallest absolute Gasteiger partial charge is 0.0372 e. The van der Waals surface area contributed by atoms with Gasteiger partial charge in [-0.15, -0.1) is 0 Å². The summed E-state index contributed by atoms with van der Waals surface area (Å²) in [6.07, 6.45) is 5.29. The van der Waals surface area contributed by atoms with E-state index in [2.05, 4.69) is 44.3 Å². The summed E-state index contributed by atoms with van der Waals surface area (Å²) in [5.74, 6) is 0. The molecule has 0 unspecified atom stereocenters. The molecule has 1 nitrogen and oxygen atoms in total. The second-order valence-corrected chi connectivity index (χ2v) is 4.23. The van der Waals surface area contributed by atoms with Crippen LogP contribution in [0.4, 0.5) is 5.69 Å². The van der Waals surface area contributed by atoms with Crippen LogP contribution in [0.25, 0.3) is 0 Å². The van der Waals surface area contributed by atoms with Crippen LogP contribution >= 0.6 is 0 Å². The Morgan fingerprint density at radius 2 is 1.87 bits per heavy atom. The molecule has 0 radical (unpaired) electrons. The van der Waals surface area contributed by atoms with E-state index in [9.17, 15) is 0 Å². The lowest BCUT2D eigenvalue weighted by atomic mass is 10.1. The number of rotatable bonds is 6. The third-order valence-electron chi connectivity index (χ3n) is 2.95. The Labute approximate surface area is 93.9 Å². The van der Waals surface area contributed by atoms with Crippen LogP contribution in [0, 0.1) is 13.8 Å². The molecular weight excluding hydrogens is 182 g/mol. The van der Waals surface area contributed by atoms with Crippen LogP contribution < -0.4 is 5.32 Å². The van der Waals surface area contributed by atoms with Crippen LogP contribution in [0.15, 0.2) is 18.2 Å². The van der Waals surface area contributed by atoms with Crippen LogP contribution in [0.5, 0.6) is 0 Å². The van der Waals surface area contributed by atoms with Gasteiger partial charge in [0.15, 0.2) is 0 Å². The maximum absolute atomic E-state index is 3.51. The van der Waals surface area contributed by atoms with Gasteiger partial charge < -0.3 is 5.32 Å². The number of hydrogen-bond acceptors (Lipinski definition) is 1. The Balaban J connectivity index is 2.34. The average molecular weight is 205 g/mol. The zero-order valence-electron chi connectivity index (χ0n) is 10.3. The van der Waals surface area contributed by atoms with E-state index in [0.29, 0.717) is 0 Å². The number of unbranched alkanes of at least 4 members (excludes halogenated alkanes) is 3. The maximum atomic E-state index is 3.51. The van der Waals surface area contributed by atoms with E-state index in [0.717, 1.165) is 6.54 Å². The first-order valence-electron chi connectivity index (χ1n) is 6.05. The lowest BCUT2D eigenvalue weighted by Crippen LogP contribution is -2.03. The lowest BCUT2D eigenvalue weighted by molar-refractivity contribution is 0.685. The van der Waals surface area contributed by atoms with E-state index >= 15 is 0 Å². The minimum atomic E-state index is 1.10. The Bertz CT molecular complexity index is 291. The van der Waals surface area contributed by atoms with E-state index in [-0.39, 0.29) is 0 Å². The van der Waals surface area contributed by atoms with Gasteiger partial charge in [0.2, 0.25) is 0 Å². The quantitative estimate of drug-likeness (QED) is 0.683. The van der Waals surface area contributed by atoms with Crippen molar-refractivity contribution in [1.82, 2.24) is 0 Å². The van der Waals surface area contributed by atoms with Crippen LogP contribution in [0.2, 0.25) is 0 Å². The second-order valence-electron chi connectivity index (χ2n) is 4.23. The summed E-state index contributed by atoms with van der Waals surface area (Å²) in [6.45, 7) is 7.70. The van der Waals surface area contributed by atoms with Gasteiger partial charge in [-0.25, -0.2) is 0 Å². The predicted octanol–water partition coefficient (Wildman–Crippen LogP) is 4.30. The molecule has 0 amide bonds. The fraction of sp³-hybridized carbons (Fsp3) is 0.571. The van der Waals surface area contributed by atoms with Crippen LogP contribution in [0.3, 0.4) is 0 Å². The predicted molar refractivity (Wildman–Crippen MR) is 68.5 cm³/mol. The van der Waals surface area contributed by atoms with Gasteiger partial charge in [0.05, 0.1) is 0 Å². The zero-order chi connectivity index (χ0) is 11.1. The van der Waals surface area contributed by atoms with Gasteiger partial charge in [-0.1, -0.05) is 38.3 Å². The number of benzene rings is 1. The minimum absolute atomic E-state index is 1.10. The molecule has 1 aromatic carbocycles. The van der Waals surface area contributed by atoms with Gasteiger partial charge >= 0.3 is 0 Å². The normalized spacial score (nSPS) is 10.3. The first-order chi connectivity index (χ1) is 7.25. The van der Waals surface area contributed by atoms with Crippen molar-refractivity contribution in [3.63, 3.8) is 0 Å². The van der Waals surface area contributed by atoms with Gasteiger partial charge in [-0.05, 0) is 37.5 Å². The molecule has 0 heterocycles. The summed E-state index contributed by atoms with van der Waals surface area (Å²) in [5, 5.41) is 3.51. The van der Waals surface area contributed by atoms with Crippen LogP contribution in [0.1, 0.15) is 43.7 Å². The fourth-order valence-electron chi connectivity index (χ4n) is 1.72. The highest BCUT2D eigenvalue weighted by molar-refractivity contribution is 5.53. The molecule has 0 aliphatic carbocycles. The Hall–Kier alpha value is -0.980. The summed E-state index contributed by atoms with van der Waals surface area (Å²) < 4.78 is 0. The molecular formula is C14H23N. The molecule has 1 rings (SSSR count). The Kier molecular flexibility index (Phi) is 5.23. The van der Waals surface area contributed by atoms with Crippen molar-refractivity contribution in [2.24, 2.45) is 0 Å². The van der Waals surface area contributed by atoms with E-state index in [4.69, 9.17) is 0 Å². The van der Waals surface area contributed by atoms with Crippen molar-refractivity contribution in [3.05, 3.63) is 29.3 Å². The molecule has 0 saturated heterocycles. The standard InChI is InChI=1S/C14H23N/c1-4-5-6-7-11-15-14-10-8-9-12(2)13(14)3/h8-10,15H,4-7,11H2,1-3H3. The van der Waals surface area contributed by atoms with Gasteiger partial charge in [-0.3, -0.25) is 0 Å². The molecule has 0 fully saturated rings. The largest absolute Gasteiger partial charge is 0.385 e. The van der Waals surface area contributed by atoms with E-state index in [1.807, 2.05) is 0 Å². The SMILES string of the molecule is CCCCCCNc1cccc(C)c1C. The summed E-state index contributed by atoms with van der Waals surface area (Å²) in [5.41, 5.74) is 4.05. The monoisotopic (exact) mass is 205 g/mol. The zero-order valence-corrected chi connectivity index (χ0v) is 10.3. The maximum Gasteiger partial charge on any atom is 0.0372 e. The molecule has 1 N–H and O–H groups in total. The molecule has 0 atom stereocenters. The van der Waals surface area contributed by atoms with Crippen molar-refractivity contribution in [2.45, 2.75) is 46.5 Å². The van der Waals surface area contributed by atoms with Crippen molar-refractivity contribution in [2.75, 3.05) is 11.9 Å². The van der Waals surface area contributed by atoms with Gasteiger partial charge in [0.25, 0.3) is 0 Å². The topological polar surface area (TPSA) is 12.0 Å². The number of anilines is 1. The lowest BCUT2D eigenvalue weighted by Gasteiger charge is -2.11. The first kappa shape index (κ1) is 12.1. The van der Waals surface area contributed by atoms with Crippen LogP contribution in [-0.2, 0) is 0 Å². The highest BCUT2D eigenvalue weighted by Crippen LogP contribution is 2.17. The molecule has 15 heavy (non-hydrogen) atoms. The van der Waals surface area contributed by atoms with Crippen molar-refractivity contribution >= 4 is 5.69 Å². The van der Waals surface area contributed by atoms with Crippen molar-refractivity contribution in [3.8, 4) is 0 Å². The van der Waals surface area contributed by atoms with Crippen LogP contribution in [-0.4, -0.2) is 6.54 Å². The first-order valence-corrected chi connectivity index (χ1v) is 6.05. The third kappa shape index (κ3) is 3.94. The summed E-state index contributed by atoms with van der Waals surface area (Å²) in [4.78, 5) is 0. The van der Waals surface area contributed by atoms with Gasteiger partial charge in [0, 0.05) is 12.2 Å². The van der Waals surface area contributed by atoms with Gasteiger partial charge in [0.1, 0.15) is 0 Å². The molecule has 0 aliphatic heterocycles. The number of nitrogens with one attached hydrogen (secondary N) is 1. The highest BCUT2D eigenvalue weighted by Gasteiger charge is 1.98. The Morgan fingerprint density at radius 3 is 2.60 bits per heavy atom. The molecule has 0 aliphatic rings. The van der Waals surface area contributed by atoms with Gasteiger partial charge in [-0.2, -0.15) is 0 Å².